The van der Waals surface area contributed by atoms with Gasteiger partial charge in [0.25, 0.3) is 5.91 Å². The van der Waals surface area contributed by atoms with Gasteiger partial charge in [-0.25, -0.2) is 4.39 Å². The minimum Gasteiger partial charge on any atom is -0.297 e. The molecule has 0 unspecified atom stereocenters. The van der Waals surface area contributed by atoms with E-state index in [1.54, 1.807) is 0 Å². The third-order valence-corrected chi connectivity index (χ3v) is 3.85. The molecule has 25 heavy (non-hydrogen) atoms. The van der Waals surface area contributed by atoms with Gasteiger partial charge in [-0.3, -0.25) is 10.1 Å². The molecule has 0 saturated carbocycles. The Balaban J connectivity index is 1.72. The molecular weight excluding hydrogens is 358 g/mol. The minimum absolute atomic E-state index is 0.0616. The van der Waals surface area contributed by atoms with Gasteiger partial charge in [-0.05, 0) is 48.5 Å². The van der Waals surface area contributed by atoms with Crippen LogP contribution in [0.2, 0.25) is 0 Å². The van der Waals surface area contributed by atoms with Crippen molar-refractivity contribution < 1.29 is 22.4 Å². The maximum absolute atomic E-state index is 12.9. The van der Waals surface area contributed by atoms with Crippen molar-refractivity contribution in [3.63, 3.8) is 0 Å². The molecule has 3 aromatic rings. The number of amides is 1. The highest BCUT2D eigenvalue weighted by molar-refractivity contribution is 7.10. The number of carbonyl (C=O) groups excluding carboxylic acids is 1. The maximum Gasteiger partial charge on any atom is 0.416 e. The lowest BCUT2D eigenvalue weighted by molar-refractivity contribution is -0.137. The van der Waals surface area contributed by atoms with Gasteiger partial charge < -0.3 is 0 Å². The van der Waals surface area contributed by atoms with Crippen LogP contribution in [0.15, 0.2) is 48.5 Å². The Morgan fingerprint density at radius 2 is 1.64 bits per heavy atom. The van der Waals surface area contributed by atoms with E-state index >= 15 is 0 Å². The van der Waals surface area contributed by atoms with E-state index < -0.39 is 23.5 Å². The first kappa shape index (κ1) is 17.0. The first-order valence-corrected chi connectivity index (χ1v) is 7.68. The van der Waals surface area contributed by atoms with Crippen LogP contribution in [0.3, 0.4) is 0 Å². The number of hydrogen-bond acceptors (Lipinski definition) is 4. The van der Waals surface area contributed by atoms with E-state index in [1.807, 2.05) is 0 Å². The topological polar surface area (TPSA) is 54.9 Å². The molecule has 1 amide bonds. The second-order valence-corrected chi connectivity index (χ2v) is 5.71. The highest BCUT2D eigenvalue weighted by Crippen LogP contribution is 2.29. The van der Waals surface area contributed by atoms with E-state index in [2.05, 4.69) is 14.7 Å². The van der Waals surface area contributed by atoms with Gasteiger partial charge in [0, 0.05) is 22.7 Å². The first-order chi connectivity index (χ1) is 11.8. The molecule has 1 N–H and O–H groups in total. The molecule has 0 atom stereocenters. The summed E-state index contributed by atoms with van der Waals surface area (Å²) in [6, 6.07) is 9.35. The van der Waals surface area contributed by atoms with Crippen LogP contribution in [0, 0.1) is 5.82 Å². The van der Waals surface area contributed by atoms with E-state index in [-0.39, 0.29) is 10.7 Å². The number of rotatable bonds is 3. The summed E-state index contributed by atoms with van der Waals surface area (Å²) in [6.45, 7) is 0. The van der Waals surface area contributed by atoms with E-state index in [1.165, 1.54) is 24.3 Å². The Morgan fingerprint density at radius 3 is 2.24 bits per heavy atom. The van der Waals surface area contributed by atoms with Crippen molar-refractivity contribution in [1.29, 1.82) is 0 Å². The fourth-order valence-electron chi connectivity index (χ4n) is 1.97. The molecule has 9 heteroatoms. The number of carbonyl (C=O) groups is 1. The summed E-state index contributed by atoms with van der Waals surface area (Å²) in [6.07, 6.45) is -4.46. The zero-order valence-corrected chi connectivity index (χ0v) is 13.2. The van der Waals surface area contributed by atoms with Crippen molar-refractivity contribution in [2.45, 2.75) is 6.18 Å². The largest absolute Gasteiger partial charge is 0.416 e. The number of anilines is 1. The molecule has 4 nitrogen and oxygen atoms in total. The Morgan fingerprint density at radius 1 is 1.00 bits per heavy atom. The summed E-state index contributed by atoms with van der Waals surface area (Å²) in [5.41, 5.74) is -0.197. The van der Waals surface area contributed by atoms with Gasteiger partial charge in [0.05, 0.1) is 5.56 Å². The van der Waals surface area contributed by atoms with Crippen LogP contribution in [0.25, 0.3) is 11.4 Å². The number of halogens is 4. The van der Waals surface area contributed by atoms with Gasteiger partial charge in [0.2, 0.25) is 5.13 Å². The lowest BCUT2D eigenvalue weighted by Gasteiger charge is -2.07. The summed E-state index contributed by atoms with van der Waals surface area (Å²) in [7, 11) is 0. The summed E-state index contributed by atoms with van der Waals surface area (Å²) >= 11 is 0.912. The highest BCUT2D eigenvalue weighted by atomic mass is 32.1. The summed E-state index contributed by atoms with van der Waals surface area (Å²) in [4.78, 5) is 16.2. The molecule has 3 rings (SSSR count). The molecule has 0 aliphatic carbocycles. The normalized spacial score (nSPS) is 11.4. The average Bonchev–Trinajstić information content (AvgIpc) is 3.03. The molecule has 0 spiro atoms. The minimum atomic E-state index is -4.46. The number of nitrogens with one attached hydrogen (secondary N) is 1. The average molecular weight is 367 g/mol. The molecule has 128 valence electrons. The van der Waals surface area contributed by atoms with Crippen LogP contribution in [0.1, 0.15) is 15.9 Å². The first-order valence-electron chi connectivity index (χ1n) is 6.91. The van der Waals surface area contributed by atoms with Gasteiger partial charge in [0.15, 0.2) is 5.82 Å². The Labute approximate surface area is 143 Å². The van der Waals surface area contributed by atoms with E-state index in [9.17, 15) is 22.4 Å². The molecule has 0 bridgehead atoms. The third kappa shape index (κ3) is 4.00. The molecule has 1 aromatic heterocycles. The summed E-state index contributed by atoms with van der Waals surface area (Å²) < 4.78 is 54.5. The monoisotopic (exact) mass is 367 g/mol. The van der Waals surface area contributed by atoms with Crippen LogP contribution in [0.4, 0.5) is 22.7 Å². The number of alkyl halides is 3. The van der Waals surface area contributed by atoms with Crippen LogP contribution >= 0.6 is 11.5 Å². The highest BCUT2D eigenvalue weighted by Gasteiger charge is 2.30. The smallest absolute Gasteiger partial charge is 0.297 e. The number of nitrogens with zero attached hydrogens (tertiary/aromatic N) is 2. The third-order valence-electron chi connectivity index (χ3n) is 3.22. The number of benzene rings is 2. The van der Waals surface area contributed by atoms with Crippen molar-refractivity contribution >= 4 is 22.6 Å². The zero-order chi connectivity index (χ0) is 18.0. The van der Waals surface area contributed by atoms with Gasteiger partial charge in [0.1, 0.15) is 5.82 Å². The predicted molar refractivity (Wildman–Crippen MR) is 84.7 cm³/mol. The molecule has 0 aliphatic heterocycles. The van der Waals surface area contributed by atoms with Crippen molar-refractivity contribution in [2.24, 2.45) is 0 Å². The number of hydrogen-bond donors (Lipinski definition) is 1. The molecule has 0 saturated heterocycles. The lowest BCUT2D eigenvalue weighted by Crippen LogP contribution is -2.12. The Hall–Kier alpha value is -2.81. The van der Waals surface area contributed by atoms with Crippen LogP contribution < -0.4 is 5.32 Å². The standard InChI is InChI=1S/C16H9F4N3OS/c17-12-7-3-9(4-8-12)13-21-15(25-23-13)22-14(24)10-1-5-11(6-2-10)16(18,19)20/h1-8H,(H,21,22,23,24). The summed E-state index contributed by atoms with van der Waals surface area (Å²) in [5, 5.41) is 2.65. The van der Waals surface area contributed by atoms with E-state index in [4.69, 9.17) is 0 Å². The molecule has 0 fully saturated rings. The predicted octanol–water partition coefficient (Wildman–Crippen LogP) is 4.62. The second kappa shape index (κ2) is 6.60. The Bertz CT molecular complexity index is 889. The van der Waals surface area contributed by atoms with Gasteiger partial charge in [-0.1, -0.05) is 0 Å². The quantitative estimate of drug-likeness (QED) is 0.688. The Kier molecular flexibility index (Phi) is 4.49. The SMILES string of the molecule is O=C(Nc1nc(-c2ccc(F)cc2)ns1)c1ccc(C(F)(F)F)cc1. The van der Waals surface area contributed by atoms with Crippen molar-refractivity contribution in [3.05, 3.63) is 65.5 Å². The second-order valence-electron chi connectivity index (χ2n) is 4.96. The summed E-state index contributed by atoms with van der Waals surface area (Å²) in [5.74, 6) is -0.682. The van der Waals surface area contributed by atoms with Crippen molar-refractivity contribution in [2.75, 3.05) is 5.32 Å². The maximum atomic E-state index is 12.9. The van der Waals surface area contributed by atoms with Gasteiger partial charge in [-0.2, -0.15) is 22.5 Å². The fraction of sp³-hybridized carbons (Fsp3) is 0.0625. The zero-order valence-electron chi connectivity index (χ0n) is 12.3. The van der Waals surface area contributed by atoms with E-state index in [0.29, 0.717) is 11.4 Å². The van der Waals surface area contributed by atoms with Gasteiger partial charge >= 0.3 is 6.18 Å². The van der Waals surface area contributed by atoms with Crippen LogP contribution in [-0.2, 0) is 6.18 Å². The van der Waals surface area contributed by atoms with Crippen molar-refractivity contribution in [3.8, 4) is 11.4 Å². The lowest BCUT2D eigenvalue weighted by atomic mass is 10.1. The van der Waals surface area contributed by atoms with E-state index in [0.717, 1.165) is 35.8 Å². The molecule has 0 radical (unpaired) electrons. The molecule has 2 aromatic carbocycles. The fourth-order valence-corrected chi connectivity index (χ4v) is 2.56. The van der Waals surface area contributed by atoms with Crippen LogP contribution in [-0.4, -0.2) is 15.3 Å². The number of aromatic nitrogens is 2. The molecular formula is C16H9F4N3OS. The van der Waals surface area contributed by atoms with Crippen molar-refractivity contribution in [1.82, 2.24) is 9.36 Å². The molecule has 0 aliphatic rings. The molecule has 1 heterocycles. The van der Waals surface area contributed by atoms with Crippen LogP contribution in [0.5, 0.6) is 0 Å². The van der Waals surface area contributed by atoms with Gasteiger partial charge in [-0.15, -0.1) is 0 Å².